The first-order chi connectivity index (χ1) is 14.4. The molecular weight excluding hydrogens is 428 g/mol. The van der Waals surface area contributed by atoms with Gasteiger partial charge < -0.3 is 14.9 Å². The number of ether oxygens (including phenoxy) is 1. The summed E-state index contributed by atoms with van der Waals surface area (Å²) in [5.74, 6) is -0.912. The van der Waals surface area contributed by atoms with Gasteiger partial charge in [-0.25, -0.2) is 4.98 Å². The van der Waals surface area contributed by atoms with Crippen LogP contribution in [0.15, 0.2) is 46.3 Å². The first-order valence-corrected chi connectivity index (χ1v) is 10.8. The molecule has 0 bridgehead atoms. The summed E-state index contributed by atoms with van der Waals surface area (Å²) >= 11 is 7.20. The Morgan fingerprint density at radius 1 is 1.23 bits per heavy atom. The van der Waals surface area contributed by atoms with Crippen LogP contribution in [0.4, 0.5) is 0 Å². The molecular formula is C21H19ClN2O5S. The van der Waals surface area contributed by atoms with Crippen LogP contribution in [0.1, 0.15) is 23.2 Å². The summed E-state index contributed by atoms with van der Waals surface area (Å²) in [4.78, 5) is 30.3. The molecule has 0 saturated carbocycles. The maximum Gasteiger partial charge on any atom is 0.262 e. The molecule has 0 aliphatic carbocycles. The van der Waals surface area contributed by atoms with Crippen molar-refractivity contribution in [3.05, 3.63) is 57.3 Å². The number of Topliss-reactive ketones (excluding diaryl/α,β-unsaturated/α-hetero) is 1. The van der Waals surface area contributed by atoms with Crippen LogP contribution in [0.5, 0.6) is 11.5 Å². The number of halogens is 1. The van der Waals surface area contributed by atoms with Crippen LogP contribution >= 0.6 is 23.4 Å². The summed E-state index contributed by atoms with van der Waals surface area (Å²) in [6.45, 7) is 1.03. The highest BCUT2D eigenvalue weighted by atomic mass is 35.5. The number of benzene rings is 2. The van der Waals surface area contributed by atoms with E-state index in [2.05, 4.69) is 4.98 Å². The molecule has 1 atom stereocenters. The molecule has 30 heavy (non-hydrogen) atoms. The molecule has 156 valence electrons. The van der Waals surface area contributed by atoms with E-state index in [-0.39, 0.29) is 40.3 Å². The monoisotopic (exact) mass is 446 g/mol. The predicted octanol–water partition coefficient (Wildman–Crippen LogP) is 3.62. The molecule has 1 saturated heterocycles. The van der Waals surface area contributed by atoms with Crippen molar-refractivity contribution >= 4 is 40.0 Å². The number of nitrogens with zero attached hydrogens (tertiary/aromatic N) is 2. The number of rotatable bonds is 6. The number of aromatic hydroxyl groups is 2. The fourth-order valence-corrected chi connectivity index (χ4v) is 4.42. The number of aromatic nitrogens is 2. The number of hydrogen-bond acceptors (Lipinski definition) is 7. The second kappa shape index (κ2) is 8.67. The first kappa shape index (κ1) is 20.7. The van der Waals surface area contributed by atoms with Gasteiger partial charge in [-0.1, -0.05) is 23.4 Å². The Morgan fingerprint density at radius 2 is 2.07 bits per heavy atom. The lowest BCUT2D eigenvalue weighted by atomic mass is 10.1. The van der Waals surface area contributed by atoms with Crippen molar-refractivity contribution in [1.29, 1.82) is 0 Å². The molecule has 4 rings (SSSR count). The van der Waals surface area contributed by atoms with E-state index in [4.69, 9.17) is 16.3 Å². The van der Waals surface area contributed by atoms with Gasteiger partial charge in [-0.2, -0.15) is 0 Å². The molecule has 2 aromatic carbocycles. The predicted molar refractivity (Wildman–Crippen MR) is 115 cm³/mol. The average molecular weight is 447 g/mol. The van der Waals surface area contributed by atoms with Gasteiger partial charge in [0.2, 0.25) is 0 Å². The zero-order chi connectivity index (χ0) is 21.3. The van der Waals surface area contributed by atoms with Crippen LogP contribution in [0.2, 0.25) is 5.02 Å². The summed E-state index contributed by atoms with van der Waals surface area (Å²) in [7, 11) is 0. The highest BCUT2D eigenvalue weighted by molar-refractivity contribution is 7.99. The van der Waals surface area contributed by atoms with Crippen LogP contribution in [0, 0.1) is 0 Å². The lowest BCUT2D eigenvalue weighted by Crippen LogP contribution is -2.29. The lowest BCUT2D eigenvalue weighted by Gasteiger charge is -2.16. The van der Waals surface area contributed by atoms with Crippen molar-refractivity contribution in [2.75, 3.05) is 12.4 Å². The number of thioether (sulfide) groups is 1. The number of phenolic OH excluding ortho intramolecular Hbond substituents is 2. The zero-order valence-electron chi connectivity index (χ0n) is 15.9. The molecule has 0 spiro atoms. The Morgan fingerprint density at radius 3 is 2.80 bits per heavy atom. The maximum atomic E-state index is 13.1. The number of phenols is 2. The van der Waals surface area contributed by atoms with Crippen molar-refractivity contribution in [3.63, 3.8) is 0 Å². The van der Waals surface area contributed by atoms with Crippen molar-refractivity contribution in [2.24, 2.45) is 0 Å². The second-order valence-electron chi connectivity index (χ2n) is 7.02. The summed E-state index contributed by atoms with van der Waals surface area (Å²) in [6.07, 6.45) is 1.74. The average Bonchev–Trinajstić information content (AvgIpc) is 3.23. The largest absolute Gasteiger partial charge is 0.504 e. The number of carbonyl (C=O) groups is 1. The van der Waals surface area contributed by atoms with E-state index in [1.54, 1.807) is 22.8 Å². The van der Waals surface area contributed by atoms with Gasteiger partial charge in [0.1, 0.15) is 0 Å². The van der Waals surface area contributed by atoms with Crippen molar-refractivity contribution in [2.45, 2.75) is 30.6 Å². The highest BCUT2D eigenvalue weighted by Gasteiger charge is 2.21. The molecule has 1 fully saturated rings. The van der Waals surface area contributed by atoms with Gasteiger partial charge in [0.25, 0.3) is 5.56 Å². The standard InChI is InChI=1S/C21H19ClN2O5S/c22-13-4-5-15-16(9-13)23-21(24(20(15)28)10-14-2-1-7-29-14)30-11-19(27)12-3-6-17(25)18(26)8-12/h3-6,8-9,14,25-26H,1-2,7,10-11H2/t14-/m1/s1. The second-order valence-corrected chi connectivity index (χ2v) is 8.40. The van der Waals surface area contributed by atoms with E-state index in [1.165, 1.54) is 18.2 Å². The maximum absolute atomic E-state index is 13.1. The Balaban J connectivity index is 1.65. The number of ketones is 1. The van der Waals surface area contributed by atoms with E-state index in [0.717, 1.165) is 24.6 Å². The van der Waals surface area contributed by atoms with Crippen LogP contribution in [0.3, 0.4) is 0 Å². The van der Waals surface area contributed by atoms with Gasteiger partial charge in [0, 0.05) is 17.2 Å². The topological polar surface area (TPSA) is 102 Å². The van der Waals surface area contributed by atoms with E-state index >= 15 is 0 Å². The smallest absolute Gasteiger partial charge is 0.262 e. The normalized spacial score (nSPS) is 16.2. The van der Waals surface area contributed by atoms with E-state index in [1.807, 2.05) is 0 Å². The minimum atomic E-state index is -0.361. The zero-order valence-corrected chi connectivity index (χ0v) is 17.4. The summed E-state index contributed by atoms with van der Waals surface area (Å²) in [5.41, 5.74) is 0.521. The van der Waals surface area contributed by atoms with E-state index in [0.29, 0.717) is 34.2 Å². The fourth-order valence-electron chi connectivity index (χ4n) is 3.35. The third-order valence-electron chi connectivity index (χ3n) is 4.92. The molecule has 2 heterocycles. The van der Waals surface area contributed by atoms with Gasteiger partial charge >= 0.3 is 0 Å². The molecule has 7 nitrogen and oxygen atoms in total. The molecule has 2 N–H and O–H groups in total. The minimum absolute atomic E-state index is 0.00819. The summed E-state index contributed by atoms with van der Waals surface area (Å²) in [6, 6.07) is 8.83. The number of fused-ring (bicyclic) bond motifs is 1. The lowest BCUT2D eigenvalue weighted by molar-refractivity contribution is 0.0937. The molecule has 0 unspecified atom stereocenters. The number of carbonyl (C=O) groups excluding carboxylic acids is 1. The molecule has 9 heteroatoms. The van der Waals surface area contributed by atoms with Crippen LogP contribution in [-0.2, 0) is 11.3 Å². The van der Waals surface area contributed by atoms with Gasteiger partial charge in [-0.3, -0.25) is 14.2 Å². The molecule has 0 radical (unpaired) electrons. The Bertz CT molecular complexity index is 1170. The molecule has 0 amide bonds. The van der Waals surface area contributed by atoms with Crippen molar-refractivity contribution in [3.8, 4) is 11.5 Å². The highest BCUT2D eigenvalue weighted by Crippen LogP contribution is 2.27. The molecule has 3 aromatic rings. The Labute approximate surface area is 181 Å². The van der Waals surface area contributed by atoms with Gasteiger partial charge in [-0.15, -0.1) is 0 Å². The fraction of sp³-hybridized carbons (Fsp3) is 0.286. The first-order valence-electron chi connectivity index (χ1n) is 9.42. The van der Waals surface area contributed by atoms with Crippen LogP contribution in [0.25, 0.3) is 10.9 Å². The van der Waals surface area contributed by atoms with Crippen molar-refractivity contribution in [1.82, 2.24) is 9.55 Å². The summed E-state index contributed by atoms with van der Waals surface area (Å²) < 4.78 is 7.24. The molecule has 1 aliphatic rings. The van der Waals surface area contributed by atoms with Crippen LogP contribution < -0.4 is 5.56 Å². The van der Waals surface area contributed by atoms with Gasteiger partial charge in [0.05, 0.1) is 29.3 Å². The quantitative estimate of drug-likeness (QED) is 0.258. The third-order valence-corrected chi connectivity index (χ3v) is 6.13. The minimum Gasteiger partial charge on any atom is -0.504 e. The SMILES string of the molecule is O=C(CSc1nc2cc(Cl)ccc2c(=O)n1C[C@H]1CCCO1)c1ccc(O)c(O)c1. The third kappa shape index (κ3) is 4.30. The summed E-state index contributed by atoms with van der Waals surface area (Å²) in [5, 5.41) is 20.4. The van der Waals surface area contributed by atoms with Crippen LogP contribution in [-0.4, -0.2) is 44.0 Å². The molecule has 1 aromatic heterocycles. The van der Waals surface area contributed by atoms with Gasteiger partial charge in [0.15, 0.2) is 22.4 Å². The van der Waals surface area contributed by atoms with Crippen molar-refractivity contribution < 1.29 is 19.7 Å². The number of hydrogen-bond donors (Lipinski definition) is 2. The molecule has 1 aliphatic heterocycles. The van der Waals surface area contributed by atoms with Gasteiger partial charge in [-0.05, 0) is 49.2 Å². The Kier molecular flexibility index (Phi) is 5.99. The van der Waals surface area contributed by atoms with E-state index < -0.39 is 0 Å². The van der Waals surface area contributed by atoms with E-state index in [9.17, 15) is 19.8 Å². The Hall–Kier alpha value is -2.55.